The van der Waals surface area contributed by atoms with Crippen molar-refractivity contribution in [3.63, 3.8) is 0 Å². The Labute approximate surface area is 176 Å². The monoisotopic (exact) mass is 436 g/mol. The summed E-state index contributed by atoms with van der Waals surface area (Å²) in [7, 11) is -3.50. The van der Waals surface area contributed by atoms with Crippen molar-refractivity contribution >= 4 is 27.3 Å². The van der Waals surface area contributed by atoms with Gasteiger partial charge in [-0.15, -0.1) is 11.3 Å². The molecular weight excluding hydrogens is 408 g/mol. The molecule has 6 nitrogen and oxygen atoms in total. The molecule has 0 aliphatic carbocycles. The normalized spacial score (nSPS) is 15.3. The summed E-state index contributed by atoms with van der Waals surface area (Å²) >= 11 is 1.23. The third-order valence-corrected chi connectivity index (χ3v) is 8.37. The van der Waals surface area contributed by atoms with Gasteiger partial charge in [-0.25, -0.2) is 8.42 Å². The largest absolute Gasteiger partial charge is 0.379 e. The number of unbranched alkanes of at least 4 members (excludes halogenated alkanes) is 3. The van der Waals surface area contributed by atoms with E-state index in [1.54, 1.807) is 18.2 Å². The molecule has 0 bridgehead atoms. The number of carbonyl (C=O) groups is 1. The molecular formula is C21H28N2O4S2. The first-order valence-electron chi connectivity index (χ1n) is 10.1. The predicted octanol–water partition coefficient (Wildman–Crippen LogP) is 3.75. The van der Waals surface area contributed by atoms with Crippen molar-refractivity contribution in [3.8, 4) is 10.4 Å². The van der Waals surface area contributed by atoms with Gasteiger partial charge in [0, 0.05) is 30.1 Å². The highest BCUT2D eigenvalue weighted by Gasteiger charge is 2.27. The molecule has 0 spiro atoms. The number of nitrogens with zero attached hydrogens (tertiary/aromatic N) is 1. The first-order chi connectivity index (χ1) is 14.0. The fourth-order valence-electron chi connectivity index (χ4n) is 3.20. The molecule has 1 aromatic heterocycles. The topological polar surface area (TPSA) is 75.7 Å². The van der Waals surface area contributed by atoms with Gasteiger partial charge in [0.25, 0.3) is 15.9 Å². The third-order valence-electron chi connectivity index (χ3n) is 4.87. The molecule has 29 heavy (non-hydrogen) atoms. The number of amides is 1. The SMILES string of the molecule is CCCCCCNC(=O)c1cccc(-c2ccc(S(=O)(=O)N3CCOCC3)s2)c1. The first-order valence-corrected chi connectivity index (χ1v) is 12.3. The molecule has 1 aromatic carbocycles. The van der Waals surface area contributed by atoms with E-state index in [0.717, 1.165) is 23.3 Å². The van der Waals surface area contributed by atoms with Crippen LogP contribution in [0.1, 0.15) is 43.0 Å². The van der Waals surface area contributed by atoms with Crippen LogP contribution < -0.4 is 5.32 Å². The van der Waals surface area contributed by atoms with Crippen molar-refractivity contribution in [1.82, 2.24) is 9.62 Å². The summed E-state index contributed by atoms with van der Waals surface area (Å²) in [4.78, 5) is 13.2. The molecule has 1 aliphatic rings. The molecule has 158 valence electrons. The lowest BCUT2D eigenvalue weighted by Gasteiger charge is -2.25. The summed E-state index contributed by atoms with van der Waals surface area (Å²) in [6.45, 7) is 4.43. The van der Waals surface area contributed by atoms with Crippen molar-refractivity contribution in [2.45, 2.75) is 36.8 Å². The number of sulfonamides is 1. The summed E-state index contributed by atoms with van der Waals surface area (Å²) in [6.07, 6.45) is 4.44. The van der Waals surface area contributed by atoms with Gasteiger partial charge in [0.1, 0.15) is 4.21 Å². The van der Waals surface area contributed by atoms with Crippen LogP contribution in [0.5, 0.6) is 0 Å². The van der Waals surface area contributed by atoms with Crippen LogP contribution in [0.15, 0.2) is 40.6 Å². The molecule has 0 radical (unpaired) electrons. The zero-order valence-electron chi connectivity index (χ0n) is 16.7. The number of morpholine rings is 1. The van der Waals surface area contributed by atoms with Crippen molar-refractivity contribution in [1.29, 1.82) is 0 Å². The lowest BCUT2D eigenvalue weighted by molar-refractivity contribution is 0.0731. The summed E-state index contributed by atoms with van der Waals surface area (Å²) < 4.78 is 32.7. The number of rotatable bonds is 9. The molecule has 0 atom stereocenters. The number of benzene rings is 1. The van der Waals surface area contributed by atoms with Crippen LogP contribution in [0.3, 0.4) is 0 Å². The Morgan fingerprint density at radius 2 is 1.93 bits per heavy atom. The smallest absolute Gasteiger partial charge is 0.252 e. The maximum absolute atomic E-state index is 12.8. The minimum absolute atomic E-state index is 0.0962. The lowest BCUT2D eigenvalue weighted by Crippen LogP contribution is -2.40. The van der Waals surface area contributed by atoms with Gasteiger partial charge in [0.15, 0.2) is 0 Å². The van der Waals surface area contributed by atoms with E-state index in [2.05, 4.69) is 12.2 Å². The van der Waals surface area contributed by atoms with Gasteiger partial charge >= 0.3 is 0 Å². The number of ether oxygens (including phenoxy) is 1. The highest BCUT2D eigenvalue weighted by atomic mass is 32.2. The fraction of sp³-hybridized carbons (Fsp3) is 0.476. The van der Waals surface area contributed by atoms with Gasteiger partial charge in [-0.05, 0) is 36.2 Å². The maximum Gasteiger partial charge on any atom is 0.252 e. The molecule has 1 aliphatic heterocycles. The van der Waals surface area contributed by atoms with E-state index in [9.17, 15) is 13.2 Å². The predicted molar refractivity (Wildman–Crippen MR) is 116 cm³/mol. The second-order valence-electron chi connectivity index (χ2n) is 7.03. The Hall–Kier alpha value is -1.74. The van der Waals surface area contributed by atoms with Gasteiger partial charge in [-0.2, -0.15) is 4.31 Å². The molecule has 2 aromatic rings. The highest BCUT2D eigenvalue weighted by Crippen LogP contribution is 2.33. The first kappa shape index (κ1) is 22.0. The lowest BCUT2D eigenvalue weighted by atomic mass is 10.1. The van der Waals surface area contributed by atoms with Crippen LogP contribution in [-0.2, 0) is 14.8 Å². The van der Waals surface area contributed by atoms with Crippen molar-refractivity contribution < 1.29 is 17.9 Å². The second-order valence-corrected chi connectivity index (χ2v) is 10.3. The number of nitrogens with one attached hydrogen (secondary N) is 1. The van der Waals surface area contributed by atoms with E-state index in [0.29, 0.717) is 42.6 Å². The van der Waals surface area contributed by atoms with Gasteiger partial charge in [-0.1, -0.05) is 38.3 Å². The van der Waals surface area contributed by atoms with Gasteiger partial charge in [0.05, 0.1) is 13.2 Å². The van der Waals surface area contributed by atoms with Crippen molar-refractivity contribution in [2.24, 2.45) is 0 Å². The molecule has 1 saturated heterocycles. The van der Waals surface area contributed by atoms with E-state index in [4.69, 9.17) is 4.74 Å². The van der Waals surface area contributed by atoms with E-state index in [1.165, 1.54) is 28.5 Å². The molecule has 3 rings (SSSR count). The second kappa shape index (κ2) is 10.3. The average Bonchev–Trinajstić information content (AvgIpc) is 3.25. The van der Waals surface area contributed by atoms with Crippen LogP contribution in [0.2, 0.25) is 0 Å². The summed E-state index contributed by atoms with van der Waals surface area (Å²) in [6, 6.07) is 10.8. The van der Waals surface area contributed by atoms with Crippen LogP contribution in [0.4, 0.5) is 0 Å². The Bertz CT molecular complexity index is 918. The van der Waals surface area contributed by atoms with Crippen LogP contribution in [0.25, 0.3) is 10.4 Å². The Kier molecular flexibility index (Phi) is 7.83. The van der Waals surface area contributed by atoms with E-state index in [1.807, 2.05) is 18.2 Å². The molecule has 1 N–H and O–H groups in total. The summed E-state index contributed by atoms with van der Waals surface area (Å²) in [5, 5.41) is 2.96. The molecule has 1 amide bonds. The number of thiophene rings is 1. The van der Waals surface area contributed by atoms with E-state index >= 15 is 0 Å². The zero-order chi connectivity index (χ0) is 20.7. The fourth-order valence-corrected chi connectivity index (χ4v) is 6.06. The minimum Gasteiger partial charge on any atom is -0.379 e. The van der Waals surface area contributed by atoms with Crippen molar-refractivity contribution in [2.75, 3.05) is 32.8 Å². The number of hydrogen-bond acceptors (Lipinski definition) is 5. The van der Waals surface area contributed by atoms with Crippen LogP contribution in [-0.4, -0.2) is 51.5 Å². The quantitative estimate of drug-likeness (QED) is 0.608. The van der Waals surface area contributed by atoms with E-state index < -0.39 is 10.0 Å². The van der Waals surface area contributed by atoms with Crippen LogP contribution in [0, 0.1) is 0 Å². The molecule has 8 heteroatoms. The van der Waals surface area contributed by atoms with Gasteiger partial charge < -0.3 is 10.1 Å². The molecule has 0 saturated carbocycles. The Balaban J connectivity index is 1.69. The molecule has 0 unspecified atom stereocenters. The van der Waals surface area contributed by atoms with Gasteiger partial charge in [-0.3, -0.25) is 4.79 Å². The highest BCUT2D eigenvalue weighted by molar-refractivity contribution is 7.91. The molecule has 2 heterocycles. The zero-order valence-corrected chi connectivity index (χ0v) is 18.4. The Morgan fingerprint density at radius 3 is 2.69 bits per heavy atom. The standard InChI is InChI=1S/C21H28N2O4S2/c1-2-3-4-5-11-22-21(24)18-8-6-7-17(16-18)19-9-10-20(28-19)29(25,26)23-12-14-27-15-13-23/h6-10,16H,2-5,11-15H2,1H3,(H,22,24). The summed E-state index contributed by atoms with van der Waals surface area (Å²) in [5.74, 6) is -0.0962. The van der Waals surface area contributed by atoms with Gasteiger partial charge in [0.2, 0.25) is 0 Å². The van der Waals surface area contributed by atoms with Crippen LogP contribution >= 0.6 is 11.3 Å². The van der Waals surface area contributed by atoms with E-state index in [-0.39, 0.29) is 5.91 Å². The minimum atomic E-state index is -3.50. The maximum atomic E-state index is 12.8. The average molecular weight is 437 g/mol. The third kappa shape index (κ3) is 5.66. The number of hydrogen-bond donors (Lipinski definition) is 1. The Morgan fingerprint density at radius 1 is 1.14 bits per heavy atom. The number of carbonyl (C=O) groups excluding carboxylic acids is 1. The summed E-state index contributed by atoms with van der Waals surface area (Å²) in [5.41, 5.74) is 1.43. The van der Waals surface area contributed by atoms with Crippen molar-refractivity contribution in [3.05, 3.63) is 42.0 Å². The molecule has 1 fully saturated rings.